The van der Waals surface area contributed by atoms with E-state index in [1.165, 1.54) is 4.90 Å². The Morgan fingerprint density at radius 1 is 1.24 bits per heavy atom. The number of hydrogen-bond acceptors (Lipinski definition) is 5. The average Bonchev–Trinajstić information content (AvgIpc) is 2.63. The second-order valence-corrected chi connectivity index (χ2v) is 5.52. The Balaban J connectivity index is 1.67. The quantitative estimate of drug-likeness (QED) is 0.655. The van der Waals surface area contributed by atoms with Crippen LogP contribution in [0.15, 0.2) is 53.6 Å². The molecule has 0 atom stereocenters. The van der Waals surface area contributed by atoms with Crippen LogP contribution >= 0.6 is 0 Å². The summed E-state index contributed by atoms with van der Waals surface area (Å²) >= 11 is 0. The highest BCUT2D eigenvalue weighted by atomic mass is 16.5. The van der Waals surface area contributed by atoms with E-state index in [-0.39, 0.29) is 24.8 Å². The van der Waals surface area contributed by atoms with Crippen molar-refractivity contribution in [1.82, 2.24) is 5.43 Å². The SMILES string of the molecule is C/C(=N\NC(=O)CN1C(=O)COc2ccccc21)c1ccc(O)cc1. The first-order chi connectivity index (χ1) is 12.0. The van der Waals surface area contributed by atoms with Crippen molar-refractivity contribution in [3.05, 3.63) is 54.1 Å². The number of benzene rings is 2. The summed E-state index contributed by atoms with van der Waals surface area (Å²) in [5.74, 6) is 0.0278. The summed E-state index contributed by atoms with van der Waals surface area (Å²) in [5, 5.41) is 13.3. The number of fused-ring (bicyclic) bond motifs is 1. The van der Waals surface area contributed by atoms with E-state index in [0.29, 0.717) is 17.1 Å². The fraction of sp³-hybridized carbons (Fsp3) is 0.167. The van der Waals surface area contributed by atoms with Crippen LogP contribution < -0.4 is 15.1 Å². The Bertz CT molecular complexity index is 830. The molecule has 0 saturated carbocycles. The van der Waals surface area contributed by atoms with Gasteiger partial charge in [-0.3, -0.25) is 14.5 Å². The zero-order chi connectivity index (χ0) is 17.8. The minimum absolute atomic E-state index is 0.0971. The second kappa shape index (κ2) is 7.04. The summed E-state index contributed by atoms with van der Waals surface area (Å²) in [6.45, 7) is 1.49. The number of amides is 2. The van der Waals surface area contributed by atoms with Crippen LogP contribution in [-0.4, -0.2) is 35.8 Å². The Labute approximate surface area is 144 Å². The summed E-state index contributed by atoms with van der Waals surface area (Å²) in [6.07, 6.45) is 0. The van der Waals surface area contributed by atoms with Crippen molar-refractivity contribution in [1.29, 1.82) is 0 Å². The Hall–Kier alpha value is -3.35. The molecule has 0 aliphatic carbocycles. The topological polar surface area (TPSA) is 91.2 Å². The van der Waals surface area contributed by atoms with Gasteiger partial charge in [0, 0.05) is 0 Å². The number of carbonyl (C=O) groups excluding carboxylic acids is 2. The third kappa shape index (κ3) is 3.77. The minimum Gasteiger partial charge on any atom is -0.508 e. The van der Waals surface area contributed by atoms with Gasteiger partial charge in [-0.15, -0.1) is 0 Å². The van der Waals surface area contributed by atoms with Gasteiger partial charge in [0.1, 0.15) is 18.0 Å². The lowest BCUT2D eigenvalue weighted by Crippen LogP contribution is -2.44. The third-order valence-corrected chi connectivity index (χ3v) is 3.74. The normalized spacial score (nSPS) is 13.9. The number of rotatable bonds is 4. The van der Waals surface area contributed by atoms with Crippen LogP contribution in [0.4, 0.5) is 5.69 Å². The number of phenolic OH excluding ortho intramolecular Hbond substituents is 1. The lowest BCUT2D eigenvalue weighted by atomic mass is 10.1. The fourth-order valence-corrected chi connectivity index (χ4v) is 2.42. The molecule has 0 saturated heterocycles. The highest BCUT2D eigenvalue weighted by molar-refractivity contribution is 6.03. The minimum atomic E-state index is -0.414. The Morgan fingerprint density at radius 2 is 1.96 bits per heavy atom. The molecule has 2 amide bonds. The van der Waals surface area contributed by atoms with Crippen LogP contribution in [-0.2, 0) is 9.59 Å². The summed E-state index contributed by atoms with van der Waals surface area (Å²) < 4.78 is 5.34. The van der Waals surface area contributed by atoms with Crippen LogP contribution in [0.3, 0.4) is 0 Å². The third-order valence-electron chi connectivity index (χ3n) is 3.74. The maximum absolute atomic E-state index is 12.2. The van der Waals surface area contributed by atoms with Crippen LogP contribution in [0.5, 0.6) is 11.5 Å². The van der Waals surface area contributed by atoms with Gasteiger partial charge < -0.3 is 9.84 Å². The van der Waals surface area contributed by atoms with E-state index in [2.05, 4.69) is 10.5 Å². The van der Waals surface area contributed by atoms with Gasteiger partial charge in [-0.05, 0) is 48.9 Å². The molecule has 1 heterocycles. The van der Waals surface area contributed by atoms with E-state index in [1.807, 2.05) is 0 Å². The predicted octanol–water partition coefficient (Wildman–Crippen LogP) is 1.66. The molecule has 2 aromatic carbocycles. The zero-order valence-corrected chi connectivity index (χ0v) is 13.6. The van der Waals surface area contributed by atoms with Crippen molar-refractivity contribution in [2.45, 2.75) is 6.92 Å². The molecule has 2 N–H and O–H groups in total. The smallest absolute Gasteiger partial charge is 0.265 e. The predicted molar refractivity (Wildman–Crippen MR) is 92.8 cm³/mol. The van der Waals surface area contributed by atoms with Gasteiger partial charge in [-0.1, -0.05) is 12.1 Å². The molecular weight excluding hydrogens is 322 g/mol. The van der Waals surface area contributed by atoms with Gasteiger partial charge in [0.2, 0.25) is 0 Å². The first-order valence-electron chi connectivity index (χ1n) is 7.69. The summed E-state index contributed by atoms with van der Waals surface area (Å²) in [6, 6.07) is 13.5. The number of hydrazone groups is 1. The van der Waals surface area contributed by atoms with E-state index in [0.717, 1.165) is 5.56 Å². The standard InChI is InChI=1S/C18H17N3O4/c1-12(13-6-8-14(22)9-7-13)19-20-17(23)10-21-15-4-2-3-5-16(15)25-11-18(21)24/h2-9,22H,10-11H2,1H3,(H,20,23)/b19-12+. The highest BCUT2D eigenvalue weighted by Crippen LogP contribution is 2.31. The van der Waals surface area contributed by atoms with Crippen molar-refractivity contribution < 1.29 is 19.4 Å². The number of aromatic hydroxyl groups is 1. The lowest BCUT2D eigenvalue weighted by Gasteiger charge is -2.28. The number of nitrogens with one attached hydrogen (secondary N) is 1. The van der Waals surface area contributed by atoms with Crippen molar-refractivity contribution in [2.75, 3.05) is 18.1 Å². The largest absolute Gasteiger partial charge is 0.508 e. The molecule has 7 nitrogen and oxygen atoms in total. The monoisotopic (exact) mass is 339 g/mol. The van der Waals surface area contributed by atoms with Gasteiger partial charge in [-0.25, -0.2) is 5.43 Å². The number of nitrogens with zero attached hydrogens (tertiary/aromatic N) is 2. The van der Waals surface area contributed by atoms with Gasteiger partial charge in [0.15, 0.2) is 6.61 Å². The molecule has 0 bridgehead atoms. The van der Waals surface area contributed by atoms with E-state index in [4.69, 9.17) is 4.74 Å². The molecule has 0 fully saturated rings. The number of phenols is 1. The van der Waals surface area contributed by atoms with E-state index in [9.17, 15) is 14.7 Å². The number of para-hydroxylation sites is 2. The Morgan fingerprint density at radius 3 is 2.72 bits per heavy atom. The maximum Gasteiger partial charge on any atom is 0.265 e. The van der Waals surface area contributed by atoms with E-state index < -0.39 is 5.91 Å². The molecule has 7 heteroatoms. The number of hydrogen-bond donors (Lipinski definition) is 2. The van der Waals surface area contributed by atoms with Gasteiger partial charge >= 0.3 is 0 Å². The van der Waals surface area contributed by atoms with Crippen LogP contribution in [0.25, 0.3) is 0 Å². The van der Waals surface area contributed by atoms with Crippen LogP contribution in [0.1, 0.15) is 12.5 Å². The molecule has 0 unspecified atom stereocenters. The molecule has 0 aromatic heterocycles. The summed E-state index contributed by atoms with van der Waals surface area (Å²) in [5.41, 5.74) is 4.36. The zero-order valence-electron chi connectivity index (χ0n) is 13.6. The van der Waals surface area contributed by atoms with E-state index >= 15 is 0 Å². The van der Waals surface area contributed by atoms with E-state index in [1.54, 1.807) is 55.5 Å². The average molecular weight is 339 g/mol. The molecule has 0 radical (unpaired) electrons. The Kier molecular flexibility index (Phi) is 4.65. The van der Waals surface area contributed by atoms with Crippen molar-refractivity contribution in [3.8, 4) is 11.5 Å². The van der Waals surface area contributed by atoms with Gasteiger partial charge in [-0.2, -0.15) is 5.10 Å². The summed E-state index contributed by atoms with van der Waals surface area (Å²) in [4.78, 5) is 25.6. The van der Waals surface area contributed by atoms with Crippen molar-refractivity contribution in [2.24, 2.45) is 5.10 Å². The molecule has 1 aliphatic heterocycles. The fourth-order valence-electron chi connectivity index (χ4n) is 2.42. The summed E-state index contributed by atoms with van der Waals surface area (Å²) in [7, 11) is 0. The molecule has 3 rings (SSSR count). The molecular formula is C18H17N3O4. The van der Waals surface area contributed by atoms with Gasteiger partial charge in [0.25, 0.3) is 11.8 Å². The number of carbonyl (C=O) groups is 2. The number of anilines is 1. The number of ether oxygens (including phenoxy) is 1. The molecule has 25 heavy (non-hydrogen) atoms. The first-order valence-corrected chi connectivity index (χ1v) is 7.69. The maximum atomic E-state index is 12.2. The van der Waals surface area contributed by atoms with Crippen molar-refractivity contribution in [3.63, 3.8) is 0 Å². The lowest BCUT2D eigenvalue weighted by molar-refractivity contribution is -0.125. The van der Waals surface area contributed by atoms with Gasteiger partial charge in [0.05, 0.1) is 11.4 Å². The molecule has 1 aliphatic rings. The molecule has 128 valence electrons. The molecule has 0 spiro atoms. The highest BCUT2D eigenvalue weighted by Gasteiger charge is 2.26. The first kappa shape index (κ1) is 16.5. The van der Waals surface area contributed by atoms with Crippen LogP contribution in [0.2, 0.25) is 0 Å². The second-order valence-electron chi connectivity index (χ2n) is 5.52. The molecule has 2 aromatic rings. The van der Waals surface area contributed by atoms with Crippen molar-refractivity contribution >= 4 is 23.2 Å². The van der Waals surface area contributed by atoms with Crippen LogP contribution in [0, 0.1) is 0 Å².